The molecule has 0 spiro atoms. The first-order valence-corrected chi connectivity index (χ1v) is 5.15. The number of hydrogen-bond donors (Lipinski definition) is 0. The van der Waals surface area contributed by atoms with Gasteiger partial charge in [-0.3, -0.25) is 0 Å². The van der Waals surface area contributed by atoms with Crippen molar-refractivity contribution in [3.63, 3.8) is 0 Å². The molecule has 0 N–H and O–H groups in total. The Bertz CT molecular complexity index is 533. The van der Waals surface area contributed by atoms with Crippen molar-refractivity contribution in [2.45, 2.75) is 6.92 Å². The molecule has 0 bridgehead atoms. The minimum absolute atomic E-state index is 0.350. The van der Waals surface area contributed by atoms with Gasteiger partial charge in [0, 0.05) is 0 Å². The van der Waals surface area contributed by atoms with Gasteiger partial charge in [0.05, 0.1) is 23.9 Å². The highest BCUT2D eigenvalue weighted by atomic mass is 79.9. The van der Waals surface area contributed by atoms with Crippen LogP contribution in [0.25, 0.3) is 5.52 Å². The summed E-state index contributed by atoms with van der Waals surface area (Å²) in [5.74, 6) is -0.350. The fourth-order valence-corrected chi connectivity index (χ4v) is 1.95. The molecule has 0 aromatic carbocycles. The predicted molar refractivity (Wildman–Crippen MR) is 59.0 cm³/mol. The zero-order valence-electron chi connectivity index (χ0n) is 8.32. The van der Waals surface area contributed by atoms with E-state index in [4.69, 9.17) is 0 Å². The van der Waals surface area contributed by atoms with Crippen molar-refractivity contribution >= 4 is 27.4 Å². The zero-order chi connectivity index (χ0) is 11.0. The highest BCUT2D eigenvalue weighted by Crippen LogP contribution is 2.18. The van der Waals surface area contributed by atoms with Crippen LogP contribution in [-0.2, 0) is 4.74 Å². The maximum absolute atomic E-state index is 11.3. The number of carbonyl (C=O) groups is 1. The summed E-state index contributed by atoms with van der Waals surface area (Å²) in [6.45, 7) is 1.90. The smallest absolute Gasteiger partial charge is 0.338 e. The lowest BCUT2D eigenvalue weighted by Gasteiger charge is -2.02. The van der Waals surface area contributed by atoms with E-state index in [0.717, 1.165) is 15.8 Å². The molecule has 2 aromatic heterocycles. The second-order valence-corrected chi connectivity index (χ2v) is 3.99. The Morgan fingerprint density at radius 3 is 2.87 bits per heavy atom. The van der Waals surface area contributed by atoms with Crippen LogP contribution >= 0.6 is 15.9 Å². The van der Waals surface area contributed by atoms with Crippen molar-refractivity contribution < 1.29 is 9.53 Å². The summed E-state index contributed by atoms with van der Waals surface area (Å²) in [5.41, 5.74) is 2.27. The molecule has 0 fully saturated rings. The Hall–Kier alpha value is -1.36. The van der Waals surface area contributed by atoms with Gasteiger partial charge in [-0.05, 0) is 41.1 Å². The normalized spacial score (nSPS) is 10.6. The summed E-state index contributed by atoms with van der Waals surface area (Å²) < 4.78 is 7.11. The minimum Gasteiger partial charge on any atom is -0.465 e. The third-order valence-corrected chi connectivity index (χ3v) is 2.63. The van der Waals surface area contributed by atoms with E-state index in [1.54, 1.807) is 16.6 Å². The molecule has 0 amide bonds. The van der Waals surface area contributed by atoms with Crippen LogP contribution in [0.3, 0.4) is 0 Å². The maximum atomic E-state index is 11.3. The van der Waals surface area contributed by atoms with E-state index < -0.39 is 0 Å². The molecule has 0 unspecified atom stereocenters. The lowest BCUT2D eigenvalue weighted by molar-refractivity contribution is 0.0600. The second kappa shape index (κ2) is 3.66. The quantitative estimate of drug-likeness (QED) is 0.588. The molecule has 0 saturated heterocycles. The number of pyridine rings is 1. The number of nitrogens with zero attached hydrogens (tertiary/aromatic N) is 2. The summed E-state index contributed by atoms with van der Waals surface area (Å²) in [6.07, 6.45) is 0. The van der Waals surface area contributed by atoms with Crippen molar-refractivity contribution in [2.75, 3.05) is 7.11 Å². The van der Waals surface area contributed by atoms with E-state index in [1.807, 2.05) is 13.0 Å². The Morgan fingerprint density at radius 2 is 2.20 bits per heavy atom. The third kappa shape index (κ3) is 1.74. The number of methoxy groups -OCH3 is 1. The molecule has 2 aromatic rings. The van der Waals surface area contributed by atoms with E-state index in [0.29, 0.717) is 5.56 Å². The Balaban J connectivity index is 2.66. The van der Waals surface area contributed by atoms with Crippen molar-refractivity contribution in [3.05, 3.63) is 34.1 Å². The highest BCUT2D eigenvalue weighted by Gasteiger charge is 2.10. The number of aryl methyl sites for hydroxylation is 1. The largest absolute Gasteiger partial charge is 0.465 e. The van der Waals surface area contributed by atoms with Gasteiger partial charge in [0.15, 0.2) is 0 Å². The molecule has 0 aliphatic heterocycles. The van der Waals surface area contributed by atoms with Gasteiger partial charge in [-0.15, -0.1) is 0 Å². The van der Waals surface area contributed by atoms with E-state index in [9.17, 15) is 4.79 Å². The molecule has 4 nitrogen and oxygen atoms in total. The van der Waals surface area contributed by atoms with Crippen LogP contribution < -0.4 is 0 Å². The van der Waals surface area contributed by atoms with Crippen LogP contribution in [0.5, 0.6) is 0 Å². The van der Waals surface area contributed by atoms with Gasteiger partial charge in [0.25, 0.3) is 0 Å². The summed E-state index contributed by atoms with van der Waals surface area (Å²) >= 11 is 3.35. The van der Waals surface area contributed by atoms with Crippen molar-refractivity contribution in [1.82, 2.24) is 9.61 Å². The van der Waals surface area contributed by atoms with Gasteiger partial charge in [-0.1, -0.05) is 0 Å². The van der Waals surface area contributed by atoms with Crippen LogP contribution in [0.4, 0.5) is 0 Å². The van der Waals surface area contributed by atoms with Crippen LogP contribution in [0.2, 0.25) is 0 Å². The number of fused-ring (bicyclic) bond motifs is 1. The summed E-state index contributed by atoms with van der Waals surface area (Å²) in [7, 11) is 1.36. The van der Waals surface area contributed by atoms with Crippen molar-refractivity contribution in [2.24, 2.45) is 0 Å². The molecule has 2 rings (SSSR count). The first-order valence-electron chi connectivity index (χ1n) is 4.36. The standard InChI is InChI=1S/C10H9BrN2O2/c1-6-3-8-4-7(10(14)15-2)5-9(11)13(8)12-6/h3-5H,1-2H3. The molecule has 0 radical (unpaired) electrons. The van der Waals surface area contributed by atoms with Gasteiger partial charge in [0.2, 0.25) is 0 Å². The molecule has 5 heteroatoms. The first-order chi connectivity index (χ1) is 7.11. The molecule has 0 aliphatic carbocycles. The third-order valence-electron chi connectivity index (χ3n) is 2.06. The monoisotopic (exact) mass is 268 g/mol. The van der Waals surface area contributed by atoms with Crippen LogP contribution in [-0.4, -0.2) is 22.7 Å². The molecule has 78 valence electrons. The number of esters is 1. The predicted octanol–water partition coefficient (Wildman–Crippen LogP) is 2.19. The van der Waals surface area contributed by atoms with E-state index >= 15 is 0 Å². The van der Waals surface area contributed by atoms with Gasteiger partial charge in [-0.25, -0.2) is 9.31 Å². The first kappa shape index (κ1) is 10.2. The maximum Gasteiger partial charge on any atom is 0.338 e. The average Bonchev–Trinajstić information content (AvgIpc) is 2.58. The van der Waals surface area contributed by atoms with Gasteiger partial charge in [-0.2, -0.15) is 5.10 Å². The van der Waals surface area contributed by atoms with Crippen molar-refractivity contribution in [1.29, 1.82) is 0 Å². The molecular weight excluding hydrogens is 260 g/mol. The average molecular weight is 269 g/mol. The molecule has 15 heavy (non-hydrogen) atoms. The number of aromatic nitrogens is 2. The minimum atomic E-state index is -0.350. The Morgan fingerprint density at radius 1 is 1.47 bits per heavy atom. The SMILES string of the molecule is COC(=O)c1cc(Br)n2nc(C)cc2c1. The molecule has 2 heterocycles. The summed E-state index contributed by atoms with van der Waals surface area (Å²) in [4.78, 5) is 11.3. The van der Waals surface area contributed by atoms with Gasteiger partial charge < -0.3 is 4.74 Å². The molecule has 0 saturated carbocycles. The van der Waals surface area contributed by atoms with Crippen LogP contribution in [0.15, 0.2) is 22.8 Å². The van der Waals surface area contributed by atoms with Crippen LogP contribution in [0.1, 0.15) is 16.1 Å². The van der Waals surface area contributed by atoms with E-state index in [-0.39, 0.29) is 5.97 Å². The van der Waals surface area contributed by atoms with Crippen LogP contribution in [0, 0.1) is 6.92 Å². The number of hydrogen-bond acceptors (Lipinski definition) is 3. The topological polar surface area (TPSA) is 43.6 Å². The fraction of sp³-hybridized carbons (Fsp3) is 0.200. The summed E-state index contributed by atoms with van der Waals surface area (Å²) in [6, 6.07) is 5.33. The Kier molecular flexibility index (Phi) is 2.48. The van der Waals surface area contributed by atoms with Crippen molar-refractivity contribution in [3.8, 4) is 0 Å². The lowest BCUT2D eigenvalue weighted by Crippen LogP contribution is -2.03. The van der Waals surface area contributed by atoms with E-state index in [2.05, 4.69) is 25.8 Å². The number of halogens is 1. The van der Waals surface area contributed by atoms with Gasteiger partial charge >= 0.3 is 5.97 Å². The van der Waals surface area contributed by atoms with E-state index in [1.165, 1.54) is 7.11 Å². The number of rotatable bonds is 1. The molecule has 0 atom stereocenters. The fourth-order valence-electron chi connectivity index (χ4n) is 1.42. The zero-order valence-corrected chi connectivity index (χ0v) is 9.91. The number of carbonyl (C=O) groups excluding carboxylic acids is 1. The molecule has 0 aliphatic rings. The summed E-state index contributed by atoms with van der Waals surface area (Å²) in [5, 5.41) is 4.26. The Labute approximate surface area is 95.0 Å². The lowest BCUT2D eigenvalue weighted by atomic mass is 10.2. The second-order valence-electron chi connectivity index (χ2n) is 3.18. The number of ether oxygens (including phenoxy) is 1. The van der Waals surface area contributed by atoms with Gasteiger partial charge in [0.1, 0.15) is 4.60 Å². The highest BCUT2D eigenvalue weighted by molar-refractivity contribution is 9.10. The molecular formula is C10H9BrN2O2.